The highest BCUT2D eigenvalue weighted by Crippen LogP contribution is 2.27. The normalized spacial score (nSPS) is 25.9. The molecule has 3 rings (SSSR count). The molecule has 0 aliphatic carbocycles. The van der Waals surface area contributed by atoms with Gasteiger partial charge in [0.25, 0.3) is 0 Å². The molecule has 3 heterocycles. The van der Waals surface area contributed by atoms with E-state index in [0.29, 0.717) is 13.0 Å². The number of carbonyl (C=O) groups is 1. The number of carbonyl (C=O) groups excluding carboxylic acids is 1. The minimum absolute atomic E-state index is 0.0129. The first kappa shape index (κ1) is 16.9. The summed E-state index contributed by atoms with van der Waals surface area (Å²) < 4.78 is 5.57. The fourth-order valence-electron chi connectivity index (χ4n) is 3.65. The van der Waals surface area contributed by atoms with Crippen LogP contribution in [0.5, 0.6) is 0 Å². The standard InChI is InChI=1S/C17H27N3O2S/c1-3-22-12(2)17-19-15(11-23-17)8-16(21)20-6-4-13-9-18-10-14(13)5-7-20/h11-14,18H,3-10H2,1-2H3/t12?,13-,14+. The third-order valence-corrected chi connectivity index (χ3v) is 6.09. The summed E-state index contributed by atoms with van der Waals surface area (Å²) in [6.07, 6.45) is 2.70. The van der Waals surface area contributed by atoms with Crippen LogP contribution in [-0.2, 0) is 16.0 Å². The van der Waals surface area contributed by atoms with Gasteiger partial charge in [-0.2, -0.15) is 0 Å². The first-order valence-electron chi connectivity index (χ1n) is 8.71. The molecule has 6 heteroatoms. The van der Waals surface area contributed by atoms with Crippen LogP contribution in [0.2, 0.25) is 0 Å². The van der Waals surface area contributed by atoms with Crippen molar-refractivity contribution in [2.45, 2.75) is 39.2 Å². The van der Waals surface area contributed by atoms with E-state index in [4.69, 9.17) is 4.74 Å². The van der Waals surface area contributed by atoms with Crippen molar-refractivity contribution in [1.29, 1.82) is 0 Å². The average molecular weight is 337 g/mol. The third-order valence-electron chi connectivity index (χ3n) is 5.04. The third kappa shape index (κ3) is 4.11. The van der Waals surface area contributed by atoms with E-state index in [9.17, 15) is 4.79 Å². The van der Waals surface area contributed by atoms with E-state index in [1.54, 1.807) is 11.3 Å². The Labute approximate surface area is 142 Å². The summed E-state index contributed by atoms with van der Waals surface area (Å²) in [7, 11) is 0. The average Bonchev–Trinajstić information content (AvgIpc) is 3.13. The van der Waals surface area contributed by atoms with E-state index >= 15 is 0 Å². The largest absolute Gasteiger partial charge is 0.372 e. The summed E-state index contributed by atoms with van der Waals surface area (Å²) in [5.41, 5.74) is 0.882. The maximum absolute atomic E-state index is 12.6. The van der Waals surface area contributed by atoms with Crippen LogP contribution in [0.3, 0.4) is 0 Å². The quantitative estimate of drug-likeness (QED) is 0.895. The van der Waals surface area contributed by atoms with Crippen molar-refractivity contribution in [2.24, 2.45) is 11.8 Å². The van der Waals surface area contributed by atoms with Crippen molar-refractivity contribution in [1.82, 2.24) is 15.2 Å². The van der Waals surface area contributed by atoms with Gasteiger partial charge in [-0.25, -0.2) is 4.98 Å². The monoisotopic (exact) mass is 337 g/mol. The number of nitrogens with zero attached hydrogens (tertiary/aromatic N) is 2. The molecule has 3 atom stereocenters. The van der Waals surface area contributed by atoms with Crippen molar-refractivity contribution in [3.05, 3.63) is 16.1 Å². The molecule has 2 aliphatic rings. The van der Waals surface area contributed by atoms with E-state index in [1.807, 2.05) is 24.1 Å². The Bertz CT molecular complexity index is 520. The molecule has 1 aromatic rings. The summed E-state index contributed by atoms with van der Waals surface area (Å²) in [6, 6.07) is 0. The van der Waals surface area contributed by atoms with Gasteiger partial charge in [-0.3, -0.25) is 4.79 Å². The molecule has 2 fully saturated rings. The van der Waals surface area contributed by atoms with Gasteiger partial charge < -0.3 is 15.0 Å². The van der Waals surface area contributed by atoms with Gasteiger partial charge in [0.2, 0.25) is 5.91 Å². The van der Waals surface area contributed by atoms with Crippen molar-refractivity contribution >= 4 is 17.2 Å². The van der Waals surface area contributed by atoms with Crippen LogP contribution in [0.4, 0.5) is 0 Å². The van der Waals surface area contributed by atoms with Crippen molar-refractivity contribution in [2.75, 3.05) is 32.8 Å². The minimum Gasteiger partial charge on any atom is -0.372 e. The Morgan fingerprint density at radius 1 is 1.43 bits per heavy atom. The second kappa shape index (κ2) is 7.73. The van der Waals surface area contributed by atoms with Crippen LogP contribution in [0.25, 0.3) is 0 Å². The lowest BCUT2D eigenvalue weighted by atomic mass is 9.92. The fourth-order valence-corrected chi connectivity index (χ4v) is 4.47. The summed E-state index contributed by atoms with van der Waals surface area (Å²) in [4.78, 5) is 19.2. The highest BCUT2D eigenvalue weighted by atomic mass is 32.1. The highest BCUT2D eigenvalue weighted by Gasteiger charge is 2.31. The van der Waals surface area contributed by atoms with Gasteiger partial charge in [-0.15, -0.1) is 11.3 Å². The SMILES string of the molecule is CCOC(C)c1nc(CC(=O)N2CC[C@@H]3CNC[C@@H]3CC2)cs1. The molecular formula is C17H27N3O2S. The van der Waals surface area contributed by atoms with Crippen LogP contribution in [0, 0.1) is 11.8 Å². The predicted octanol–water partition coefficient (Wildman–Crippen LogP) is 2.24. The summed E-state index contributed by atoms with van der Waals surface area (Å²) in [6.45, 7) is 8.71. The number of likely N-dealkylation sites (tertiary alicyclic amines) is 1. The Morgan fingerprint density at radius 2 is 2.13 bits per heavy atom. The smallest absolute Gasteiger partial charge is 0.228 e. The molecule has 1 aromatic heterocycles. The molecule has 23 heavy (non-hydrogen) atoms. The first-order chi connectivity index (χ1) is 11.2. The van der Waals surface area contributed by atoms with Gasteiger partial charge >= 0.3 is 0 Å². The Balaban J connectivity index is 1.54. The maximum Gasteiger partial charge on any atom is 0.228 e. The van der Waals surface area contributed by atoms with Gasteiger partial charge in [0.05, 0.1) is 12.1 Å². The number of ether oxygens (including phenoxy) is 1. The molecular weight excluding hydrogens is 310 g/mol. The molecule has 1 N–H and O–H groups in total. The zero-order valence-electron chi connectivity index (χ0n) is 14.1. The number of fused-ring (bicyclic) bond motifs is 1. The lowest BCUT2D eigenvalue weighted by Crippen LogP contribution is -2.34. The molecule has 2 aliphatic heterocycles. The first-order valence-corrected chi connectivity index (χ1v) is 9.59. The van der Waals surface area contributed by atoms with Crippen LogP contribution in [0.15, 0.2) is 5.38 Å². The summed E-state index contributed by atoms with van der Waals surface area (Å²) in [5, 5.41) is 6.44. The second-order valence-corrected chi connectivity index (χ2v) is 7.48. The topological polar surface area (TPSA) is 54.5 Å². The van der Waals surface area contributed by atoms with Crippen LogP contribution >= 0.6 is 11.3 Å². The zero-order valence-corrected chi connectivity index (χ0v) is 14.9. The summed E-state index contributed by atoms with van der Waals surface area (Å²) in [5.74, 6) is 1.73. The van der Waals surface area contributed by atoms with Crippen molar-refractivity contribution in [3.63, 3.8) is 0 Å². The van der Waals surface area contributed by atoms with E-state index in [1.165, 1.54) is 0 Å². The second-order valence-electron chi connectivity index (χ2n) is 6.59. The molecule has 1 unspecified atom stereocenters. The van der Waals surface area contributed by atoms with Gasteiger partial charge in [0.1, 0.15) is 11.1 Å². The lowest BCUT2D eigenvalue weighted by molar-refractivity contribution is -0.130. The molecule has 0 aromatic carbocycles. The zero-order chi connectivity index (χ0) is 16.2. The van der Waals surface area contributed by atoms with Gasteiger partial charge in [-0.05, 0) is 51.6 Å². The molecule has 0 radical (unpaired) electrons. The van der Waals surface area contributed by atoms with E-state index in [-0.39, 0.29) is 12.0 Å². The molecule has 2 saturated heterocycles. The van der Waals surface area contributed by atoms with E-state index < -0.39 is 0 Å². The van der Waals surface area contributed by atoms with Gasteiger partial charge in [0.15, 0.2) is 0 Å². The number of hydrogen-bond donors (Lipinski definition) is 1. The number of hydrogen-bond acceptors (Lipinski definition) is 5. The molecule has 1 amide bonds. The maximum atomic E-state index is 12.6. The van der Waals surface area contributed by atoms with E-state index in [0.717, 1.165) is 61.6 Å². The summed E-state index contributed by atoms with van der Waals surface area (Å²) >= 11 is 1.59. The number of nitrogens with one attached hydrogen (secondary N) is 1. The van der Waals surface area contributed by atoms with Gasteiger partial charge in [0, 0.05) is 25.1 Å². The number of thiazole rings is 1. The van der Waals surface area contributed by atoms with Gasteiger partial charge in [-0.1, -0.05) is 0 Å². The Hall–Kier alpha value is -0.980. The van der Waals surface area contributed by atoms with Crippen LogP contribution in [-0.4, -0.2) is 48.6 Å². The molecule has 0 bridgehead atoms. The molecule has 128 valence electrons. The Kier molecular flexibility index (Phi) is 5.67. The van der Waals surface area contributed by atoms with Crippen molar-refractivity contribution < 1.29 is 9.53 Å². The van der Waals surface area contributed by atoms with Crippen LogP contribution < -0.4 is 5.32 Å². The molecule has 0 saturated carbocycles. The highest BCUT2D eigenvalue weighted by molar-refractivity contribution is 7.09. The number of aromatic nitrogens is 1. The minimum atomic E-state index is 0.0129. The van der Waals surface area contributed by atoms with Crippen LogP contribution in [0.1, 0.15) is 43.5 Å². The number of rotatable bonds is 5. The Morgan fingerprint density at radius 3 is 2.78 bits per heavy atom. The number of amides is 1. The predicted molar refractivity (Wildman–Crippen MR) is 91.5 cm³/mol. The van der Waals surface area contributed by atoms with E-state index in [2.05, 4.69) is 10.3 Å². The molecule has 0 spiro atoms. The molecule has 5 nitrogen and oxygen atoms in total. The fraction of sp³-hybridized carbons (Fsp3) is 0.765. The lowest BCUT2D eigenvalue weighted by Gasteiger charge is -2.20. The van der Waals surface area contributed by atoms with Crippen molar-refractivity contribution in [3.8, 4) is 0 Å².